The van der Waals surface area contributed by atoms with Crippen molar-refractivity contribution in [3.63, 3.8) is 0 Å². The quantitative estimate of drug-likeness (QED) is 0.154. The first-order valence-electron chi connectivity index (χ1n) is 10.6. The average Bonchev–Trinajstić information content (AvgIpc) is 2.83. The van der Waals surface area contributed by atoms with Gasteiger partial charge < -0.3 is 79.9 Å². The smallest absolute Gasteiger partial charge is 0.187 e. The van der Waals surface area contributed by atoms with Gasteiger partial charge in [-0.1, -0.05) is 0 Å². The fourth-order valence-electron chi connectivity index (χ4n) is 3.95. The maximum Gasteiger partial charge on any atom is 0.187 e. The third-order valence-electron chi connectivity index (χ3n) is 6.07. The highest BCUT2D eigenvalue weighted by atomic mass is 16.7. The highest BCUT2D eigenvalue weighted by Gasteiger charge is 2.51. The molecule has 0 aliphatic carbocycles. The fourth-order valence-corrected chi connectivity index (χ4v) is 3.95. The normalized spacial score (nSPS) is 52.5. The van der Waals surface area contributed by atoms with Gasteiger partial charge in [-0.2, -0.15) is 0 Å². The molecule has 3 saturated heterocycles. The first kappa shape index (κ1) is 27.9. The van der Waals surface area contributed by atoms with Crippen LogP contribution in [0.2, 0.25) is 0 Å². The summed E-state index contributed by atoms with van der Waals surface area (Å²) in [6.45, 7) is -2.09. The van der Waals surface area contributed by atoms with E-state index in [1.54, 1.807) is 0 Å². The Morgan fingerprint density at radius 2 is 1.03 bits per heavy atom. The van der Waals surface area contributed by atoms with Crippen LogP contribution in [0.5, 0.6) is 0 Å². The van der Waals surface area contributed by atoms with Gasteiger partial charge in [-0.05, 0) is 0 Å². The van der Waals surface area contributed by atoms with Crippen molar-refractivity contribution >= 4 is 0 Å². The van der Waals surface area contributed by atoms with E-state index in [0.29, 0.717) is 0 Å². The van der Waals surface area contributed by atoms with Gasteiger partial charge in [0.2, 0.25) is 0 Å². The lowest BCUT2D eigenvalue weighted by atomic mass is 9.97. The Labute approximate surface area is 192 Å². The molecule has 16 nitrogen and oxygen atoms in total. The zero-order valence-corrected chi connectivity index (χ0v) is 17.7. The van der Waals surface area contributed by atoms with Crippen LogP contribution in [-0.2, 0) is 23.7 Å². The molecule has 3 aliphatic rings. The van der Waals surface area contributed by atoms with Crippen molar-refractivity contribution in [1.82, 2.24) is 0 Å². The molecule has 3 aliphatic heterocycles. The van der Waals surface area contributed by atoms with Crippen molar-refractivity contribution in [3.05, 3.63) is 0 Å². The second-order valence-corrected chi connectivity index (χ2v) is 8.37. The third kappa shape index (κ3) is 5.52. The Kier molecular flexibility index (Phi) is 9.54. The zero-order chi connectivity index (χ0) is 25.3. The number of hydrogen-bond acceptors (Lipinski definition) is 16. The summed E-state index contributed by atoms with van der Waals surface area (Å²) in [5.74, 6) is 0. The molecule has 3 fully saturated rings. The van der Waals surface area contributed by atoms with Gasteiger partial charge in [-0.15, -0.1) is 0 Å². The van der Waals surface area contributed by atoms with Gasteiger partial charge in [-0.25, -0.2) is 0 Å². The molecule has 0 aromatic carbocycles. The van der Waals surface area contributed by atoms with Crippen LogP contribution in [0.25, 0.3) is 0 Å². The highest BCUT2D eigenvalue weighted by molar-refractivity contribution is 4.94. The van der Waals surface area contributed by atoms with E-state index in [0.717, 1.165) is 0 Å². The van der Waals surface area contributed by atoms with Crippen LogP contribution in [0.15, 0.2) is 0 Å². The van der Waals surface area contributed by atoms with Crippen LogP contribution in [0.1, 0.15) is 0 Å². The molecule has 0 saturated carbocycles. The largest absolute Gasteiger partial charge is 0.394 e. The maximum absolute atomic E-state index is 10.5. The molecule has 0 radical (unpaired) electrons. The maximum atomic E-state index is 10.5. The summed E-state index contributed by atoms with van der Waals surface area (Å²) in [5, 5.41) is 109. The Morgan fingerprint density at radius 1 is 0.500 bits per heavy atom. The standard InChI is InChI=1S/C18H32O16/c19-1-4-7(21)10(24)13(27)18(32-4)34-15-5(2-20)33-17(14(28)11(15)25)30-3-6-8(22)9(23)12(26)16(29)31-6/h4-29H,1-3H2/t4-,5-,6-,7+,8+,9+,10+,11-,12-,13-,14+,15-,16?,17-,18+/m1/s1. The van der Waals surface area contributed by atoms with Gasteiger partial charge in [0.15, 0.2) is 18.9 Å². The summed E-state index contributed by atoms with van der Waals surface area (Å²) in [5.41, 5.74) is 0. The second-order valence-electron chi connectivity index (χ2n) is 8.37. The van der Waals surface area contributed by atoms with Gasteiger partial charge >= 0.3 is 0 Å². The van der Waals surface area contributed by atoms with Crippen LogP contribution < -0.4 is 0 Å². The molecule has 0 amide bonds. The SMILES string of the molecule is OC[C@H]1O[C@@H](O[C@H]2[C@H](O)[C@H](O)[C@H](OC[C@H]3OC(O)[C@H](O)[C@@H](O)[C@H]3O)O[C@@H]2CO)[C@H](O)[C@@H](O)[C@H]1O. The molecular formula is C18H32O16. The monoisotopic (exact) mass is 504 g/mol. The Hall–Kier alpha value is -0.640. The fraction of sp³-hybridized carbons (Fsp3) is 1.00. The van der Waals surface area contributed by atoms with Crippen molar-refractivity contribution in [2.24, 2.45) is 0 Å². The summed E-state index contributed by atoms with van der Waals surface area (Å²) >= 11 is 0. The number of ether oxygens (including phenoxy) is 5. The highest BCUT2D eigenvalue weighted by Crippen LogP contribution is 2.30. The van der Waals surface area contributed by atoms with Crippen LogP contribution in [0, 0.1) is 0 Å². The summed E-state index contributed by atoms with van der Waals surface area (Å²) in [7, 11) is 0. The molecular weight excluding hydrogens is 472 g/mol. The van der Waals surface area contributed by atoms with Gasteiger partial charge in [0.1, 0.15) is 73.2 Å². The van der Waals surface area contributed by atoms with E-state index in [4.69, 9.17) is 23.7 Å². The van der Waals surface area contributed by atoms with Crippen molar-refractivity contribution in [2.45, 2.75) is 92.1 Å². The summed E-state index contributed by atoms with van der Waals surface area (Å²) in [6, 6.07) is 0. The zero-order valence-electron chi connectivity index (χ0n) is 17.7. The molecule has 34 heavy (non-hydrogen) atoms. The molecule has 0 aromatic rings. The molecule has 1 unspecified atom stereocenters. The number of aliphatic hydroxyl groups excluding tert-OH is 11. The first-order chi connectivity index (χ1) is 16.0. The summed E-state index contributed by atoms with van der Waals surface area (Å²) < 4.78 is 26.2. The number of hydrogen-bond donors (Lipinski definition) is 11. The topological polar surface area (TPSA) is 269 Å². The van der Waals surface area contributed by atoms with Crippen LogP contribution in [0.4, 0.5) is 0 Å². The van der Waals surface area contributed by atoms with E-state index in [1.165, 1.54) is 0 Å². The first-order valence-corrected chi connectivity index (χ1v) is 10.6. The van der Waals surface area contributed by atoms with E-state index in [-0.39, 0.29) is 0 Å². The number of aliphatic hydroxyl groups is 11. The van der Waals surface area contributed by atoms with E-state index in [1.807, 2.05) is 0 Å². The van der Waals surface area contributed by atoms with E-state index in [2.05, 4.69) is 0 Å². The van der Waals surface area contributed by atoms with Gasteiger partial charge in [0, 0.05) is 0 Å². The minimum absolute atomic E-state index is 0.577. The van der Waals surface area contributed by atoms with Gasteiger partial charge in [-0.3, -0.25) is 0 Å². The Balaban J connectivity index is 1.63. The van der Waals surface area contributed by atoms with E-state index >= 15 is 0 Å². The van der Waals surface area contributed by atoms with Crippen molar-refractivity contribution in [2.75, 3.05) is 19.8 Å². The Bertz CT molecular complexity index is 637. The molecule has 3 heterocycles. The van der Waals surface area contributed by atoms with Gasteiger partial charge in [0.25, 0.3) is 0 Å². The van der Waals surface area contributed by atoms with Crippen molar-refractivity contribution in [3.8, 4) is 0 Å². The molecule has 3 rings (SSSR count). The van der Waals surface area contributed by atoms with Crippen LogP contribution in [0.3, 0.4) is 0 Å². The average molecular weight is 504 g/mol. The third-order valence-corrected chi connectivity index (χ3v) is 6.07. The van der Waals surface area contributed by atoms with Crippen LogP contribution >= 0.6 is 0 Å². The molecule has 200 valence electrons. The minimum atomic E-state index is -1.82. The van der Waals surface area contributed by atoms with E-state index < -0.39 is 112 Å². The van der Waals surface area contributed by atoms with Gasteiger partial charge in [0.05, 0.1) is 19.8 Å². The predicted molar refractivity (Wildman–Crippen MR) is 101 cm³/mol. The minimum Gasteiger partial charge on any atom is -0.394 e. The summed E-state index contributed by atoms with van der Waals surface area (Å²) in [6.07, 6.45) is -24.7. The van der Waals surface area contributed by atoms with Crippen LogP contribution in [-0.4, -0.2) is 168 Å². The van der Waals surface area contributed by atoms with E-state index in [9.17, 15) is 56.2 Å². The molecule has 0 aromatic heterocycles. The van der Waals surface area contributed by atoms with Crippen molar-refractivity contribution < 1.29 is 79.9 Å². The number of rotatable bonds is 7. The molecule has 0 spiro atoms. The lowest BCUT2D eigenvalue weighted by molar-refractivity contribution is -0.363. The molecule has 15 atom stereocenters. The Morgan fingerprint density at radius 3 is 1.65 bits per heavy atom. The predicted octanol–water partition coefficient (Wildman–Crippen LogP) is -7.57. The van der Waals surface area contributed by atoms with Crippen molar-refractivity contribution in [1.29, 1.82) is 0 Å². The summed E-state index contributed by atoms with van der Waals surface area (Å²) in [4.78, 5) is 0. The molecule has 0 bridgehead atoms. The lowest BCUT2D eigenvalue weighted by Gasteiger charge is -2.46. The molecule has 16 heteroatoms. The lowest BCUT2D eigenvalue weighted by Crippen LogP contribution is -2.65. The molecule has 11 N–H and O–H groups in total. The second kappa shape index (κ2) is 11.6.